The molecule has 10 nitrogen and oxygen atoms in total. The molecular weight excluding hydrogens is 460 g/mol. The van der Waals surface area contributed by atoms with Crippen LogP contribution in [0.3, 0.4) is 0 Å². The Morgan fingerprint density at radius 3 is 2.39 bits per heavy atom. The summed E-state index contributed by atoms with van der Waals surface area (Å²) < 4.78 is 7.62. The highest BCUT2D eigenvalue weighted by Gasteiger charge is 2.34. The van der Waals surface area contributed by atoms with Gasteiger partial charge in [-0.05, 0) is 49.7 Å². The first-order chi connectivity index (χ1) is 17.5. The topological polar surface area (TPSA) is 119 Å². The van der Waals surface area contributed by atoms with Gasteiger partial charge in [0.05, 0.1) is 11.1 Å². The van der Waals surface area contributed by atoms with E-state index in [1.165, 1.54) is 4.90 Å². The lowest BCUT2D eigenvalue weighted by atomic mass is 10.1. The number of carbonyl (C=O) groups excluding carboxylic acids is 3. The van der Waals surface area contributed by atoms with Crippen molar-refractivity contribution in [3.05, 3.63) is 90.3 Å². The number of anilines is 1. The van der Waals surface area contributed by atoms with Gasteiger partial charge in [0.25, 0.3) is 11.8 Å². The van der Waals surface area contributed by atoms with Crippen LogP contribution in [0, 0.1) is 6.92 Å². The molecule has 0 unspecified atom stereocenters. The lowest BCUT2D eigenvalue weighted by Crippen LogP contribution is -2.31. The summed E-state index contributed by atoms with van der Waals surface area (Å²) in [7, 11) is 0. The van der Waals surface area contributed by atoms with Crippen LogP contribution in [0.2, 0.25) is 0 Å². The molecule has 3 heterocycles. The van der Waals surface area contributed by atoms with Crippen molar-refractivity contribution in [3.8, 4) is 17.4 Å². The number of rotatable bonds is 8. The molecule has 5 rings (SSSR count). The van der Waals surface area contributed by atoms with Gasteiger partial charge in [0.15, 0.2) is 0 Å². The van der Waals surface area contributed by atoms with E-state index in [0.29, 0.717) is 46.5 Å². The van der Waals surface area contributed by atoms with Gasteiger partial charge in [-0.25, -0.2) is 9.97 Å². The molecule has 0 atom stereocenters. The minimum atomic E-state index is -0.317. The SMILES string of the molecule is Cc1nc(Oc2ccc(NC(=O)CCCN3C(=O)c4ccccc4C3=O)cc2)cc(-n2ccnc2)n1. The fourth-order valence-electron chi connectivity index (χ4n) is 3.89. The number of nitrogens with zero attached hydrogens (tertiary/aromatic N) is 5. The predicted molar refractivity (Wildman–Crippen MR) is 130 cm³/mol. The van der Waals surface area contributed by atoms with E-state index < -0.39 is 0 Å². The lowest BCUT2D eigenvalue weighted by Gasteiger charge is -2.13. The van der Waals surface area contributed by atoms with E-state index in [2.05, 4.69) is 20.3 Å². The number of imide groups is 1. The van der Waals surface area contributed by atoms with Crippen LogP contribution < -0.4 is 10.1 Å². The van der Waals surface area contributed by atoms with Crippen molar-refractivity contribution in [3.63, 3.8) is 0 Å². The molecule has 1 N–H and O–H groups in total. The first kappa shape index (κ1) is 22.9. The molecule has 2 aromatic carbocycles. The zero-order chi connectivity index (χ0) is 25.1. The number of hydrogen-bond donors (Lipinski definition) is 1. The highest BCUT2D eigenvalue weighted by atomic mass is 16.5. The Balaban J connectivity index is 1.13. The second-order valence-electron chi connectivity index (χ2n) is 8.17. The molecular formula is C26H22N6O4. The second kappa shape index (κ2) is 9.79. The molecule has 2 aromatic heterocycles. The average molecular weight is 483 g/mol. The molecule has 10 heteroatoms. The monoisotopic (exact) mass is 482 g/mol. The van der Waals surface area contributed by atoms with Gasteiger partial charge in [-0.1, -0.05) is 12.1 Å². The maximum absolute atomic E-state index is 12.4. The van der Waals surface area contributed by atoms with Gasteiger partial charge >= 0.3 is 0 Å². The summed E-state index contributed by atoms with van der Waals surface area (Å²) in [4.78, 5) is 51.1. The maximum Gasteiger partial charge on any atom is 0.261 e. The molecule has 36 heavy (non-hydrogen) atoms. The summed E-state index contributed by atoms with van der Waals surface area (Å²) in [6, 6.07) is 15.3. The van der Waals surface area contributed by atoms with Gasteiger partial charge in [-0.3, -0.25) is 23.9 Å². The zero-order valence-electron chi connectivity index (χ0n) is 19.4. The molecule has 3 amide bonds. The summed E-state index contributed by atoms with van der Waals surface area (Å²) in [5.74, 6) is 1.28. The Morgan fingerprint density at radius 1 is 1.00 bits per heavy atom. The molecule has 0 spiro atoms. The van der Waals surface area contributed by atoms with E-state index in [0.717, 1.165) is 0 Å². The second-order valence-corrected chi connectivity index (χ2v) is 8.17. The standard InChI is InChI=1S/C26H22N6O4/c1-17-28-22(31-14-12-27-16-31)15-24(29-17)36-19-10-8-18(9-11-19)30-23(33)7-4-13-32-25(34)20-5-2-3-6-21(20)26(32)35/h2-3,5-6,8-12,14-16H,4,7,13H2,1H3,(H,30,33). The quantitative estimate of drug-likeness (QED) is 0.380. The Labute approximate surface area is 206 Å². The molecule has 0 fully saturated rings. The van der Waals surface area contributed by atoms with Crippen LogP contribution in [-0.4, -0.2) is 48.7 Å². The lowest BCUT2D eigenvalue weighted by molar-refractivity contribution is -0.116. The molecule has 4 aromatic rings. The highest BCUT2D eigenvalue weighted by molar-refractivity contribution is 6.21. The number of amides is 3. The van der Waals surface area contributed by atoms with E-state index >= 15 is 0 Å². The Hall–Kier alpha value is -4.86. The molecule has 1 aliphatic rings. The van der Waals surface area contributed by atoms with Crippen LogP contribution in [0.25, 0.3) is 5.82 Å². The van der Waals surface area contributed by atoms with Crippen molar-refractivity contribution < 1.29 is 19.1 Å². The Bertz CT molecular complexity index is 1400. The first-order valence-electron chi connectivity index (χ1n) is 11.3. The van der Waals surface area contributed by atoms with Gasteiger partial charge < -0.3 is 10.1 Å². The number of nitrogens with one attached hydrogen (secondary N) is 1. The van der Waals surface area contributed by atoms with Crippen LogP contribution in [0.5, 0.6) is 11.6 Å². The number of aryl methyl sites for hydroxylation is 1. The van der Waals surface area contributed by atoms with E-state index in [9.17, 15) is 14.4 Å². The smallest absolute Gasteiger partial charge is 0.261 e. The van der Waals surface area contributed by atoms with Gasteiger partial charge in [0, 0.05) is 37.1 Å². The summed E-state index contributed by atoms with van der Waals surface area (Å²) in [5, 5.41) is 2.82. The minimum absolute atomic E-state index is 0.170. The molecule has 0 bridgehead atoms. The Kier molecular flexibility index (Phi) is 6.23. The minimum Gasteiger partial charge on any atom is -0.439 e. The van der Waals surface area contributed by atoms with Crippen LogP contribution in [-0.2, 0) is 4.79 Å². The van der Waals surface area contributed by atoms with E-state index in [1.54, 1.807) is 84.8 Å². The highest BCUT2D eigenvalue weighted by Crippen LogP contribution is 2.24. The van der Waals surface area contributed by atoms with Crippen LogP contribution in [0.1, 0.15) is 39.4 Å². The number of ether oxygens (including phenoxy) is 1. The van der Waals surface area contributed by atoms with Crippen molar-refractivity contribution in [1.82, 2.24) is 24.4 Å². The molecule has 0 radical (unpaired) electrons. The third-order valence-corrected chi connectivity index (χ3v) is 5.59. The zero-order valence-corrected chi connectivity index (χ0v) is 19.4. The van der Waals surface area contributed by atoms with Crippen molar-refractivity contribution in [2.75, 3.05) is 11.9 Å². The third-order valence-electron chi connectivity index (χ3n) is 5.59. The summed E-state index contributed by atoms with van der Waals surface area (Å²) in [6.07, 6.45) is 5.62. The number of carbonyl (C=O) groups is 3. The number of aromatic nitrogens is 4. The number of hydrogen-bond acceptors (Lipinski definition) is 7. The summed E-state index contributed by atoms with van der Waals surface area (Å²) in [5.41, 5.74) is 1.42. The normalized spacial score (nSPS) is 12.5. The van der Waals surface area contributed by atoms with Gasteiger partial charge in [-0.2, -0.15) is 4.98 Å². The Morgan fingerprint density at radius 2 is 1.72 bits per heavy atom. The first-order valence-corrected chi connectivity index (χ1v) is 11.3. The van der Waals surface area contributed by atoms with E-state index in [1.807, 2.05) is 0 Å². The van der Waals surface area contributed by atoms with Crippen molar-refractivity contribution in [2.24, 2.45) is 0 Å². The average Bonchev–Trinajstić information content (AvgIpc) is 3.49. The maximum atomic E-state index is 12.4. The largest absolute Gasteiger partial charge is 0.439 e. The fraction of sp³-hybridized carbons (Fsp3) is 0.154. The van der Waals surface area contributed by atoms with Crippen LogP contribution in [0.4, 0.5) is 5.69 Å². The number of imidazole rings is 1. The van der Waals surface area contributed by atoms with E-state index in [4.69, 9.17) is 4.74 Å². The predicted octanol–water partition coefficient (Wildman–Crippen LogP) is 3.78. The number of benzene rings is 2. The van der Waals surface area contributed by atoms with Crippen LogP contribution in [0.15, 0.2) is 73.3 Å². The summed E-state index contributed by atoms with van der Waals surface area (Å²) >= 11 is 0. The van der Waals surface area contributed by atoms with Gasteiger partial charge in [-0.15, -0.1) is 0 Å². The fourth-order valence-corrected chi connectivity index (χ4v) is 3.89. The summed E-state index contributed by atoms with van der Waals surface area (Å²) in [6.45, 7) is 1.96. The molecule has 0 saturated heterocycles. The molecule has 0 saturated carbocycles. The van der Waals surface area contributed by atoms with E-state index in [-0.39, 0.29) is 30.7 Å². The van der Waals surface area contributed by atoms with Crippen LogP contribution >= 0.6 is 0 Å². The van der Waals surface area contributed by atoms with Gasteiger partial charge in [0.2, 0.25) is 11.8 Å². The number of fused-ring (bicyclic) bond motifs is 1. The van der Waals surface area contributed by atoms with Crippen molar-refractivity contribution in [2.45, 2.75) is 19.8 Å². The van der Waals surface area contributed by atoms with Crippen molar-refractivity contribution >= 4 is 23.4 Å². The van der Waals surface area contributed by atoms with Crippen molar-refractivity contribution in [1.29, 1.82) is 0 Å². The molecule has 0 aliphatic carbocycles. The third kappa shape index (κ3) is 4.83. The molecule has 180 valence electrons. The molecule has 1 aliphatic heterocycles. The van der Waals surface area contributed by atoms with Gasteiger partial charge in [0.1, 0.15) is 23.7 Å².